The monoisotopic (exact) mass is 245 g/mol. The zero-order valence-electron chi connectivity index (χ0n) is 9.62. The summed E-state index contributed by atoms with van der Waals surface area (Å²) >= 11 is 0. The Hall–Kier alpha value is -0.940. The molecule has 0 fully saturated rings. The van der Waals surface area contributed by atoms with Crippen LogP contribution in [0.1, 0.15) is 12.5 Å². The predicted octanol–water partition coefficient (Wildman–Crippen LogP) is 1.49. The third-order valence-electron chi connectivity index (χ3n) is 2.36. The SMILES string of the molecule is CNCC(C)(F)c1ccccc1S(C)(=O)=O. The topological polar surface area (TPSA) is 46.2 Å². The molecule has 1 aromatic rings. The van der Waals surface area contributed by atoms with Gasteiger partial charge in [-0.25, -0.2) is 12.8 Å². The second-order valence-corrected chi connectivity index (χ2v) is 5.98. The van der Waals surface area contributed by atoms with Crippen LogP contribution in [-0.2, 0) is 15.5 Å². The quantitative estimate of drug-likeness (QED) is 0.874. The molecule has 0 saturated heterocycles. The molecule has 0 saturated carbocycles. The zero-order chi connectivity index (χ0) is 12.4. The van der Waals surface area contributed by atoms with Gasteiger partial charge in [0.05, 0.1) is 4.90 Å². The van der Waals surface area contributed by atoms with Crippen LogP contribution in [0, 0.1) is 0 Å². The van der Waals surface area contributed by atoms with Crippen molar-refractivity contribution in [3.05, 3.63) is 29.8 Å². The third kappa shape index (κ3) is 2.80. The van der Waals surface area contributed by atoms with Crippen molar-refractivity contribution >= 4 is 9.84 Å². The van der Waals surface area contributed by atoms with Crippen LogP contribution in [0.15, 0.2) is 29.2 Å². The van der Waals surface area contributed by atoms with Crippen LogP contribution < -0.4 is 5.32 Å². The van der Waals surface area contributed by atoms with E-state index in [0.29, 0.717) is 0 Å². The van der Waals surface area contributed by atoms with Gasteiger partial charge in [-0.2, -0.15) is 0 Å². The van der Waals surface area contributed by atoms with Gasteiger partial charge in [-0.3, -0.25) is 0 Å². The van der Waals surface area contributed by atoms with Gasteiger partial charge in [-0.15, -0.1) is 0 Å². The van der Waals surface area contributed by atoms with Crippen LogP contribution in [0.25, 0.3) is 0 Å². The highest BCUT2D eigenvalue weighted by Gasteiger charge is 2.30. The molecule has 5 heteroatoms. The second-order valence-electron chi connectivity index (χ2n) is 4.00. The molecule has 0 aliphatic carbocycles. The first-order chi connectivity index (χ1) is 7.29. The normalized spacial score (nSPS) is 15.8. The smallest absolute Gasteiger partial charge is 0.175 e. The highest BCUT2D eigenvalue weighted by atomic mass is 32.2. The van der Waals surface area contributed by atoms with Crippen molar-refractivity contribution < 1.29 is 12.8 Å². The lowest BCUT2D eigenvalue weighted by atomic mass is 9.98. The van der Waals surface area contributed by atoms with Gasteiger partial charge in [-0.1, -0.05) is 18.2 Å². The maximum Gasteiger partial charge on any atom is 0.175 e. The Morgan fingerprint density at radius 1 is 1.38 bits per heavy atom. The van der Waals surface area contributed by atoms with Crippen molar-refractivity contribution in [3.8, 4) is 0 Å². The van der Waals surface area contributed by atoms with Crippen molar-refractivity contribution in [3.63, 3.8) is 0 Å². The summed E-state index contributed by atoms with van der Waals surface area (Å²) in [5.74, 6) is 0. The summed E-state index contributed by atoms with van der Waals surface area (Å²) in [7, 11) is -1.78. The van der Waals surface area contributed by atoms with E-state index in [9.17, 15) is 12.8 Å². The van der Waals surface area contributed by atoms with E-state index in [2.05, 4.69) is 5.32 Å². The summed E-state index contributed by atoms with van der Waals surface area (Å²) in [6, 6.07) is 6.17. The van der Waals surface area contributed by atoms with Gasteiger partial charge in [0.25, 0.3) is 0 Å². The van der Waals surface area contributed by atoms with Crippen LogP contribution >= 0.6 is 0 Å². The summed E-state index contributed by atoms with van der Waals surface area (Å²) in [6.07, 6.45) is 1.08. The van der Waals surface area contributed by atoms with Crippen LogP contribution in [-0.4, -0.2) is 28.3 Å². The minimum absolute atomic E-state index is 0.0512. The van der Waals surface area contributed by atoms with Gasteiger partial charge in [-0.05, 0) is 20.0 Å². The number of hydrogen-bond acceptors (Lipinski definition) is 3. The minimum Gasteiger partial charge on any atom is -0.316 e. The van der Waals surface area contributed by atoms with Gasteiger partial charge in [0.2, 0.25) is 0 Å². The number of sulfone groups is 1. The molecule has 16 heavy (non-hydrogen) atoms. The van der Waals surface area contributed by atoms with E-state index >= 15 is 0 Å². The molecule has 1 aromatic carbocycles. The van der Waals surface area contributed by atoms with E-state index in [1.54, 1.807) is 19.2 Å². The van der Waals surface area contributed by atoms with E-state index in [-0.39, 0.29) is 17.0 Å². The third-order valence-corrected chi connectivity index (χ3v) is 3.51. The van der Waals surface area contributed by atoms with Crippen molar-refractivity contribution in [2.24, 2.45) is 0 Å². The first-order valence-electron chi connectivity index (χ1n) is 4.92. The molecule has 0 spiro atoms. The number of alkyl halides is 1. The number of halogens is 1. The molecule has 0 bridgehead atoms. The fourth-order valence-electron chi connectivity index (χ4n) is 1.65. The maximum absolute atomic E-state index is 14.3. The molecular formula is C11H16FNO2S. The molecule has 0 heterocycles. The molecule has 1 unspecified atom stereocenters. The number of likely N-dealkylation sites (N-methyl/N-ethyl adjacent to an activating group) is 1. The number of hydrogen-bond donors (Lipinski definition) is 1. The van der Waals surface area contributed by atoms with Gasteiger partial charge in [0.1, 0.15) is 5.67 Å². The highest BCUT2D eigenvalue weighted by Crippen LogP contribution is 2.30. The number of benzene rings is 1. The van der Waals surface area contributed by atoms with Gasteiger partial charge in [0.15, 0.2) is 9.84 Å². The van der Waals surface area contributed by atoms with Crippen molar-refractivity contribution in [2.45, 2.75) is 17.5 Å². The molecule has 3 nitrogen and oxygen atoms in total. The molecule has 0 aliphatic heterocycles. The minimum atomic E-state index is -3.40. The molecule has 1 N–H and O–H groups in total. The predicted molar refractivity (Wildman–Crippen MR) is 61.9 cm³/mol. The Morgan fingerprint density at radius 3 is 2.44 bits per heavy atom. The fraction of sp³-hybridized carbons (Fsp3) is 0.455. The van der Waals surface area contributed by atoms with Crippen LogP contribution in [0.5, 0.6) is 0 Å². The average molecular weight is 245 g/mol. The molecular weight excluding hydrogens is 229 g/mol. The van der Waals surface area contributed by atoms with Crippen LogP contribution in [0.3, 0.4) is 0 Å². The zero-order valence-corrected chi connectivity index (χ0v) is 10.4. The second kappa shape index (κ2) is 4.51. The summed E-state index contributed by atoms with van der Waals surface area (Å²) in [4.78, 5) is 0.0512. The molecule has 0 amide bonds. The van der Waals surface area contributed by atoms with E-state index in [1.165, 1.54) is 19.1 Å². The lowest BCUT2D eigenvalue weighted by molar-refractivity contribution is 0.186. The molecule has 1 atom stereocenters. The molecule has 0 aliphatic rings. The van der Waals surface area contributed by atoms with Crippen LogP contribution in [0.2, 0.25) is 0 Å². The Kier molecular flexibility index (Phi) is 3.70. The van der Waals surface area contributed by atoms with E-state index in [4.69, 9.17) is 0 Å². The Bertz CT molecular complexity index is 469. The standard InChI is InChI=1S/C11H16FNO2S/c1-11(12,8-13-2)9-6-4-5-7-10(9)16(3,14)15/h4-7,13H,8H2,1-3H3. The Balaban J connectivity index is 3.35. The summed E-state index contributed by atoms with van der Waals surface area (Å²) in [5, 5.41) is 2.72. The lowest BCUT2D eigenvalue weighted by Crippen LogP contribution is -2.30. The van der Waals surface area contributed by atoms with Crippen molar-refractivity contribution in [1.82, 2.24) is 5.32 Å². The lowest BCUT2D eigenvalue weighted by Gasteiger charge is -2.22. The van der Waals surface area contributed by atoms with Crippen molar-refractivity contribution in [1.29, 1.82) is 0 Å². The van der Waals surface area contributed by atoms with E-state index in [1.807, 2.05) is 0 Å². The van der Waals surface area contributed by atoms with E-state index in [0.717, 1.165) is 6.26 Å². The molecule has 1 rings (SSSR count). The summed E-state index contributed by atoms with van der Waals surface area (Å²) < 4.78 is 37.3. The number of nitrogens with one attached hydrogen (secondary N) is 1. The summed E-state index contributed by atoms with van der Waals surface area (Å²) in [5.41, 5.74) is -1.50. The highest BCUT2D eigenvalue weighted by molar-refractivity contribution is 7.90. The van der Waals surface area contributed by atoms with Crippen molar-refractivity contribution in [2.75, 3.05) is 19.8 Å². The Labute approximate surface area is 95.6 Å². The molecule has 0 radical (unpaired) electrons. The van der Waals surface area contributed by atoms with Gasteiger partial charge >= 0.3 is 0 Å². The maximum atomic E-state index is 14.3. The van der Waals surface area contributed by atoms with E-state index < -0.39 is 15.5 Å². The largest absolute Gasteiger partial charge is 0.316 e. The van der Waals surface area contributed by atoms with Gasteiger partial charge < -0.3 is 5.32 Å². The summed E-state index contributed by atoms with van der Waals surface area (Å²) in [6.45, 7) is 1.44. The van der Waals surface area contributed by atoms with Crippen LogP contribution in [0.4, 0.5) is 4.39 Å². The first-order valence-corrected chi connectivity index (χ1v) is 6.81. The first kappa shape index (κ1) is 13.1. The van der Waals surface area contributed by atoms with Gasteiger partial charge in [0, 0.05) is 18.4 Å². The average Bonchev–Trinajstić information content (AvgIpc) is 2.16. The number of rotatable bonds is 4. The molecule has 0 aromatic heterocycles. The fourth-order valence-corrected chi connectivity index (χ4v) is 2.65. The molecule has 90 valence electrons. The Morgan fingerprint density at radius 2 is 1.94 bits per heavy atom.